The van der Waals surface area contributed by atoms with E-state index in [1.165, 1.54) is 0 Å². The molecule has 0 bridgehead atoms. The average molecular weight is 341 g/mol. The Morgan fingerprint density at radius 1 is 1.35 bits per heavy atom. The third-order valence-electron chi connectivity index (χ3n) is 1.63. The Kier molecular flexibility index (Phi) is 4.69. The van der Waals surface area contributed by atoms with Crippen molar-refractivity contribution in [1.82, 2.24) is 0 Å². The largest absolute Gasteiger partial charge is 0.444 e. The highest BCUT2D eigenvalue weighted by atomic mass is 79.9. The molecule has 17 heavy (non-hydrogen) atoms. The van der Waals surface area contributed by atoms with Crippen LogP contribution in [0.4, 0.5) is 10.5 Å². The van der Waals surface area contributed by atoms with Crippen LogP contribution >= 0.6 is 39.1 Å². The van der Waals surface area contributed by atoms with Gasteiger partial charge >= 0.3 is 6.09 Å². The number of hydrogen-bond acceptors (Lipinski definition) is 2. The van der Waals surface area contributed by atoms with E-state index in [0.717, 1.165) is 0 Å². The van der Waals surface area contributed by atoms with Crippen LogP contribution in [0, 0.1) is 0 Å². The van der Waals surface area contributed by atoms with Crippen molar-refractivity contribution in [3.8, 4) is 0 Å². The van der Waals surface area contributed by atoms with Crippen molar-refractivity contribution in [1.29, 1.82) is 0 Å². The molecule has 0 atom stereocenters. The molecule has 0 aliphatic heterocycles. The molecule has 0 radical (unpaired) electrons. The summed E-state index contributed by atoms with van der Waals surface area (Å²) in [5.74, 6) is 0. The minimum absolute atomic E-state index is 0.343. The first-order valence-corrected chi connectivity index (χ1v) is 6.38. The first-order valence-electron chi connectivity index (χ1n) is 4.83. The lowest BCUT2D eigenvalue weighted by atomic mass is 10.2. The molecular weight excluding hydrogens is 329 g/mol. The van der Waals surface area contributed by atoms with E-state index in [0.29, 0.717) is 20.2 Å². The van der Waals surface area contributed by atoms with Gasteiger partial charge in [-0.3, -0.25) is 5.32 Å². The minimum atomic E-state index is -0.567. The highest BCUT2D eigenvalue weighted by molar-refractivity contribution is 9.10. The molecule has 94 valence electrons. The topological polar surface area (TPSA) is 38.3 Å². The third kappa shape index (κ3) is 4.74. The second kappa shape index (κ2) is 5.46. The van der Waals surface area contributed by atoms with E-state index in [1.54, 1.807) is 32.9 Å². The van der Waals surface area contributed by atoms with E-state index in [-0.39, 0.29) is 0 Å². The zero-order chi connectivity index (χ0) is 13.2. The number of amides is 1. The van der Waals surface area contributed by atoms with Crippen LogP contribution in [0.5, 0.6) is 0 Å². The number of hydrogen-bond donors (Lipinski definition) is 1. The zero-order valence-corrected chi connectivity index (χ0v) is 12.7. The summed E-state index contributed by atoms with van der Waals surface area (Å²) in [4.78, 5) is 11.6. The van der Waals surface area contributed by atoms with Crippen LogP contribution in [0.2, 0.25) is 10.0 Å². The Morgan fingerprint density at radius 3 is 2.41 bits per heavy atom. The second-order valence-electron chi connectivity index (χ2n) is 4.37. The summed E-state index contributed by atoms with van der Waals surface area (Å²) < 4.78 is 5.72. The Labute approximate surface area is 119 Å². The summed E-state index contributed by atoms with van der Waals surface area (Å²) in [6, 6.07) is 3.18. The molecular formula is C11H12BrCl2NO2. The van der Waals surface area contributed by atoms with Crippen LogP contribution in [-0.2, 0) is 4.74 Å². The maximum atomic E-state index is 11.6. The van der Waals surface area contributed by atoms with Crippen LogP contribution in [0.1, 0.15) is 20.8 Å². The van der Waals surface area contributed by atoms with Gasteiger partial charge in [0, 0.05) is 9.50 Å². The highest BCUT2D eigenvalue weighted by Crippen LogP contribution is 2.34. The number of ether oxygens (including phenoxy) is 1. The molecule has 3 nitrogen and oxygen atoms in total. The SMILES string of the molecule is CC(C)(C)OC(=O)Nc1c(Cl)cc(Cl)cc1Br. The van der Waals surface area contributed by atoms with E-state index in [2.05, 4.69) is 21.2 Å². The Bertz CT molecular complexity index is 421. The molecule has 0 aromatic heterocycles. The molecule has 1 aromatic rings. The molecule has 0 aliphatic rings. The molecule has 1 rings (SSSR count). The highest BCUT2D eigenvalue weighted by Gasteiger charge is 2.18. The van der Waals surface area contributed by atoms with Gasteiger partial charge in [-0.2, -0.15) is 0 Å². The lowest BCUT2D eigenvalue weighted by molar-refractivity contribution is 0.0636. The van der Waals surface area contributed by atoms with Crippen molar-refractivity contribution in [2.75, 3.05) is 5.32 Å². The van der Waals surface area contributed by atoms with Gasteiger partial charge < -0.3 is 4.74 Å². The minimum Gasteiger partial charge on any atom is -0.444 e. The molecule has 0 aliphatic carbocycles. The van der Waals surface area contributed by atoms with Gasteiger partial charge in [0.2, 0.25) is 0 Å². The van der Waals surface area contributed by atoms with Crippen molar-refractivity contribution < 1.29 is 9.53 Å². The fraction of sp³-hybridized carbons (Fsp3) is 0.364. The molecule has 6 heteroatoms. The lowest BCUT2D eigenvalue weighted by Gasteiger charge is -2.20. The Morgan fingerprint density at radius 2 is 1.94 bits per heavy atom. The van der Waals surface area contributed by atoms with Gasteiger partial charge in [-0.25, -0.2) is 4.79 Å². The summed E-state index contributed by atoms with van der Waals surface area (Å²) in [7, 11) is 0. The number of halogens is 3. The number of carbonyl (C=O) groups is 1. The van der Waals surface area contributed by atoms with Crippen molar-refractivity contribution in [3.63, 3.8) is 0 Å². The fourth-order valence-corrected chi connectivity index (χ4v) is 2.41. The molecule has 0 saturated carbocycles. The fourth-order valence-electron chi connectivity index (χ4n) is 1.07. The van der Waals surface area contributed by atoms with Crippen LogP contribution in [0.3, 0.4) is 0 Å². The van der Waals surface area contributed by atoms with E-state index < -0.39 is 11.7 Å². The van der Waals surface area contributed by atoms with Gasteiger partial charge in [-0.05, 0) is 48.8 Å². The van der Waals surface area contributed by atoms with Crippen LogP contribution in [-0.4, -0.2) is 11.7 Å². The predicted octanol–water partition coefficient (Wildman–Crippen LogP) is 5.10. The normalized spacial score (nSPS) is 11.2. The molecule has 0 fully saturated rings. The summed E-state index contributed by atoms with van der Waals surface area (Å²) in [6.07, 6.45) is -0.567. The van der Waals surface area contributed by atoms with Crippen LogP contribution in [0.25, 0.3) is 0 Å². The first-order chi connectivity index (χ1) is 7.69. The van der Waals surface area contributed by atoms with Crippen molar-refractivity contribution in [2.45, 2.75) is 26.4 Å². The van der Waals surface area contributed by atoms with E-state index in [4.69, 9.17) is 27.9 Å². The van der Waals surface area contributed by atoms with Crippen molar-refractivity contribution >= 4 is 50.9 Å². The second-order valence-corrected chi connectivity index (χ2v) is 6.07. The number of rotatable bonds is 1. The Hall–Kier alpha value is -0.450. The Balaban J connectivity index is 2.86. The maximum absolute atomic E-state index is 11.6. The van der Waals surface area contributed by atoms with Crippen LogP contribution in [0.15, 0.2) is 16.6 Å². The molecule has 0 heterocycles. The molecule has 0 unspecified atom stereocenters. The number of anilines is 1. The predicted molar refractivity (Wildman–Crippen MR) is 74.0 cm³/mol. The van der Waals surface area contributed by atoms with Gasteiger partial charge in [0.05, 0.1) is 10.7 Å². The van der Waals surface area contributed by atoms with Gasteiger partial charge in [-0.1, -0.05) is 23.2 Å². The molecule has 1 amide bonds. The van der Waals surface area contributed by atoms with Gasteiger partial charge in [0.15, 0.2) is 0 Å². The van der Waals surface area contributed by atoms with Crippen molar-refractivity contribution in [3.05, 3.63) is 26.7 Å². The number of carbonyl (C=O) groups excluding carboxylic acids is 1. The molecule has 0 spiro atoms. The van der Waals surface area contributed by atoms with E-state index in [9.17, 15) is 4.79 Å². The standard InChI is InChI=1S/C11H12BrCl2NO2/c1-11(2,3)17-10(16)15-9-7(12)4-6(13)5-8(9)14/h4-5H,1-3H3,(H,15,16). The summed E-state index contributed by atoms with van der Waals surface area (Å²) in [5, 5.41) is 3.39. The number of nitrogens with one attached hydrogen (secondary N) is 1. The number of benzene rings is 1. The smallest absolute Gasteiger partial charge is 0.412 e. The maximum Gasteiger partial charge on any atom is 0.412 e. The quantitative estimate of drug-likeness (QED) is 0.772. The van der Waals surface area contributed by atoms with Crippen molar-refractivity contribution in [2.24, 2.45) is 0 Å². The van der Waals surface area contributed by atoms with E-state index >= 15 is 0 Å². The summed E-state index contributed by atoms with van der Waals surface area (Å²) >= 11 is 15.0. The summed E-state index contributed by atoms with van der Waals surface area (Å²) in [5.41, 5.74) is -0.125. The average Bonchev–Trinajstić information content (AvgIpc) is 2.08. The summed E-state index contributed by atoms with van der Waals surface area (Å²) in [6.45, 7) is 5.35. The van der Waals surface area contributed by atoms with Gasteiger partial charge in [0.25, 0.3) is 0 Å². The van der Waals surface area contributed by atoms with Gasteiger partial charge in [-0.15, -0.1) is 0 Å². The van der Waals surface area contributed by atoms with E-state index in [1.807, 2.05) is 0 Å². The molecule has 1 N–H and O–H groups in total. The molecule has 0 saturated heterocycles. The van der Waals surface area contributed by atoms with Crippen LogP contribution < -0.4 is 5.32 Å². The molecule has 1 aromatic carbocycles. The first kappa shape index (κ1) is 14.6. The lowest BCUT2D eigenvalue weighted by Crippen LogP contribution is -2.27. The van der Waals surface area contributed by atoms with Gasteiger partial charge in [0.1, 0.15) is 5.60 Å². The monoisotopic (exact) mass is 339 g/mol. The third-order valence-corrected chi connectivity index (χ3v) is 2.77. The zero-order valence-electron chi connectivity index (χ0n) is 9.61.